The third-order valence-electron chi connectivity index (χ3n) is 2.62. The maximum Gasteiger partial charge on any atom is 0.00454 e. The molecule has 114 valence electrons. The number of allylic oxidation sites excluding steroid dienone is 5. The fourth-order valence-electron chi connectivity index (χ4n) is 1.63. The smallest absolute Gasteiger partial charge is 0.00454 e. The summed E-state index contributed by atoms with van der Waals surface area (Å²) in [5.41, 5.74) is 0. The van der Waals surface area contributed by atoms with Gasteiger partial charge in [-0.15, -0.1) is 0 Å². The molecule has 1 aliphatic rings. The average molecular weight is 383 g/mol. The van der Waals surface area contributed by atoms with E-state index in [0.29, 0.717) is 0 Å². The fraction of sp³-hybridized carbons (Fsp3) is 0.571. The van der Waals surface area contributed by atoms with Crippen LogP contribution in [0, 0.1) is 0 Å². The lowest BCUT2D eigenvalue weighted by molar-refractivity contribution is 0.613. The van der Waals surface area contributed by atoms with Gasteiger partial charge in [0.1, 0.15) is 0 Å². The Morgan fingerprint density at radius 1 is 0.600 bits per heavy atom. The Kier molecular flexibility index (Phi) is 16.2. The lowest BCUT2D eigenvalue weighted by Crippen LogP contribution is -1.81. The summed E-state index contributed by atoms with van der Waals surface area (Å²) in [6, 6.07) is 0. The molecule has 6 heteroatoms. The molecule has 0 radical (unpaired) electrons. The zero-order valence-corrected chi connectivity index (χ0v) is 16.5. The maximum atomic E-state index is 2.28. The number of hydrogen-bond donors (Lipinski definition) is 0. The first-order chi connectivity index (χ1) is 10.0. The van der Waals surface area contributed by atoms with Crippen molar-refractivity contribution in [1.29, 1.82) is 0 Å². The molecule has 0 aromatic carbocycles. The molecule has 20 heavy (non-hydrogen) atoms. The normalized spacial score (nSPS) is 23.2. The van der Waals surface area contributed by atoms with Gasteiger partial charge in [-0.3, -0.25) is 0 Å². The lowest BCUT2D eigenvalue weighted by atomic mass is 10.1. The van der Waals surface area contributed by atoms with Gasteiger partial charge in [0.15, 0.2) is 0 Å². The second kappa shape index (κ2) is 16.7. The number of hydrogen-bond acceptors (Lipinski definition) is 6. The van der Waals surface area contributed by atoms with Crippen LogP contribution in [0.4, 0.5) is 0 Å². The molecule has 0 nitrogen and oxygen atoms in total. The molecular weight excluding hydrogens is 361 g/mol. The third-order valence-corrected chi connectivity index (χ3v) is 13.1. The Labute approximate surface area is 146 Å². The van der Waals surface area contributed by atoms with Gasteiger partial charge in [0, 0.05) is 5.75 Å². The SMILES string of the molecule is C1=C/C=C/CCCCCCCCSSSSSSC=C1. The molecule has 0 amide bonds. The summed E-state index contributed by atoms with van der Waals surface area (Å²) in [4.78, 5) is 0. The quantitative estimate of drug-likeness (QED) is 0.383. The zero-order valence-electron chi connectivity index (χ0n) is 11.6. The molecule has 0 saturated heterocycles. The molecule has 0 spiro atoms. The van der Waals surface area contributed by atoms with Crippen LogP contribution in [-0.4, -0.2) is 5.75 Å². The van der Waals surface area contributed by atoms with E-state index < -0.39 is 0 Å². The Morgan fingerprint density at radius 3 is 2.30 bits per heavy atom. The third kappa shape index (κ3) is 14.3. The highest BCUT2D eigenvalue weighted by Crippen LogP contribution is 2.52. The van der Waals surface area contributed by atoms with Crippen molar-refractivity contribution in [2.45, 2.75) is 44.9 Å². The molecule has 0 saturated carbocycles. The molecular formula is C14H22S6. The first-order valence-electron chi connectivity index (χ1n) is 6.93. The van der Waals surface area contributed by atoms with E-state index in [4.69, 9.17) is 0 Å². The average Bonchev–Trinajstić information content (AvgIpc) is 2.46. The van der Waals surface area contributed by atoms with Crippen molar-refractivity contribution in [3.8, 4) is 0 Å². The lowest BCUT2D eigenvalue weighted by Gasteiger charge is -2.01. The summed E-state index contributed by atoms with van der Waals surface area (Å²) in [7, 11) is 11.3. The van der Waals surface area contributed by atoms with E-state index in [1.807, 2.05) is 50.1 Å². The van der Waals surface area contributed by atoms with Gasteiger partial charge in [-0.2, -0.15) is 0 Å². The monoisotopic (exact) mass is 382 g/mol. The molecule has 0 aromatic heterocycles. The van der Waals surface area contributed by atoms with E-state index >= 15 is 0 Å². The van der Waals surface area contributed by atoms with Crippen molar-refractivity contribution in [3.63, 3.8) is 0 Å². The summed E-state index contributed by atoms with van der Waals surface area (Å²) in [5, 5.41) is 2.14. The minimum absolute atomic E-state index is 1.22. The van der Waals surface area contributed by atoms with Crippen LogP contribution in [0.25, 0.3) is 0 Å². The second-order valence-electron chi connectivity index (χ2n) is 4.24. The van der Waals surface area contributed by atoms with Crippen LogP contribution in [0.2, 0.25) is 0 Å². The minimum Gasteiger partial charge on any atom is -0.0845 e. The van der Waals surface area contributed by atoms with Gasteiger partial charge in [-0.1, -0.05) is 77.7 Å². The predicted molar refractivity (Wildman–Crippen MR) is 110 cm³/mol. The van der Waals surface area contributed by atoms with Crippen LogP contribution in [0.1, 0.15) is 44.9 Å². The standard InChI is InChI=1S/C14H22S6/c1-2-4-6-8-10-12-14-16-18-20-19-17-15-13-11-9-7-5-3-1/h3,5,7,9,11,13H,1-2,4,6,8,10,12,14H2/b5-3+,9-7?,13-11?. The van der Waals surface area contributed by atoms with Crippen molar-refractivity contribution in [3.05, 3.63) is 35.8 Å². The van der Waals surface area contributed by atoms with Gasteiger partial charge in [-0.25, -0.2) is 0 Å². The van der Waals surface area contributed by atoms with E-state index in [0.717, 1.165) is 0 Å². The molecule has 0 aliphatic carbocycles. The van der Waals surface area contributed by atoms with Gasteiger partial charge >= 0.3 is 0 Å². The fourth-order valence-corrected chi connectivity index (χ4v) is 12.5. The van der Waals surface area contributed by atoms with Gasteiger partial charge < -0.3 is 0 Å². The molecule has 1 heterocycles. The highest BCUT2D eigenvalue weighted by atomic mass is 33.9. The molecule has 0 atom stereocenters. The summed E-state index contributed by atoms with van der Waals surface area (Å²) in [6.07, 6.45) is 20.3. The molecule has 0 unspecified atom stereocenters. The summed E-state index contributed by atoms with van der Waals surface area (Å²) in [5.74, 6) is 1.30. The predicted octanol–water partition coefficient (Wildman–Crippen LogP) is 8.33. The van der Waals surface area contributed by atoms with Gasteiger partial charge in [0.2, 0.25) is 0 Å². The van der Waals surface area contributed by atoms with Crippen LogP contribution < -0.4 is 0 Å². The largest absolute Gasteiger partial charge is 0.0845 e. The summed E-state index contributed by atoms with van der Waals surface area (Å²) < 4.78 is 0. The molecule has 0 aromatic rings. The van der Waals surface area contributed by atoms with Crippen molar-refractivity contribution in [2.75, 3.05) is 5.75 Å². The highest BCUT2D eigenvalue weighted by Gasteiger charge is 1.95. The highest BCUT2D eigenvalue weighted by molar-refractivity contribution is 9.42. The van der Waals surface area contributed by atoms with Crippen molar-refractivity contribution >= 4 is 60.9 Å². The van der Waals surface area contributed by atoms with E-state index in [-0.39, 0.29) is 0 Å². The van der Waals surface area contributed by atoms with E-state index in [2.05, 4.69) is 35.8 Å². The minimum atomic E-state index is 1.22. The van der Waals surface area contributed by atoms with Crippen molar-refractivity contribution < 1.29 is 0 Å². The Hall–Kier alpha value is 1.32. The molecule has 1 rings (SSSR count). The summed E-state index contributed by atoms with van der Waals surface area (Å²) >= 11 is 0. The molecule has 1 aliphatic heterocycles. The second-order valence-corrected chi connectivity index (χ2v) is 13.7. The van der Waals surface area contributed by atoms with E-state index in [1.54, 1.807) is 10.8 Å². The first-order valence-corrected chi connectivity index (χ1v) is 14.6. The molecule has 0 fully saturated rings. The zero-order chi connectivity index (χ0) is 14.1. The van der Waals surface area contributed by atoms with Crippen LogP contribution in [-0.2, 0) is 0 Å². The Morgan fingerprint density at radius 2 is 1.35 bits per heavy atom. The Balaban J connectivity index is 2.18. The van der Waals surface area contributed by atoms with Crippen LogP contribution in [0.15, 0.2) is 35.8 Å². The maximum absolute atomic E-state index is 2.28. The van der Waals surface area contributed by atoms with Crippen LogP contribution >= 0.6 is 60.9 Å². The summed E-state index contributed by atoms with van der Waals surface area (Å²) in [6.45, 7) is 0. The molecule has 0 N–H and O–H groups in total. The first kappa shape index (κ1) is 19.4. The van der Waals surface area contributed by atoms with Crippen molar-refractivity contribution in [2.24, 2.45) is 0 Å². The van der Waals surface area contributed by atoms with E-state index in [9.17, 15) is 0 Å². The van der Waals surface area contributed by atoms with Crippen LogP contribution in [0.5, 0.6) is 0 Å². The van der Waals surface area contributed by atoms with Crippen LogP contribution in [0.3, 0.4) is 0 Å². The molecule has 0 bridgehead atoms. The van der Waals surface area contributed by atoms with E-state index in [1.165, 1.54) is 50.7 Å². The number of rotatable bonds is 0. The van der Waals surface area contributed by atoms with Gasteiger partial charge in [-0.05, 0) is 64.0 Å². The van der Waals surface area contributed by atoms with Gasteiger partial charge in [0.05, 0.1) is 0 Å². The van der Waals surface area contributed by atoms with Gasteiger partial charge in [0.25, 0.3) is 0 Å². The Bertz CT molecular complexity index is 259. The van der Waals surface area contributed by atoms with Crippen molar-refractivity contribution in [1.82, 2.24) is 0 Å². The topological polar surface area (TPSA) is 0 Å².